The first kappa shape index (κ1) is 7.93. The third-order valence-electron chi connectivity index (χ3n) is 2.14. The average Bonchev–Trinajstić information content (AvgIpc) is 2.87. The Labute approximate surface area is 77.7 Å². The van der Waals surface area contributed by atoms with Gasteiger partial charge in [0.2, 0.25) is 0 Å². The average molecular weight is 182 g/mol. The normalized spacial score (nSPS) is 16.1. The number of hydrogen-bond acceptors (Lipinski definition) is 1. The lowest BCUT2D eigenvalue weighted by Gasteiger charge is -2.03. The van der Waals surface area contributed by atoms with Crippen LogP contribution < -0.4 is 5.32 Å². The first-order valence-corrected chi connectivity index (χ1v) is 4.72. The standard InChI is InChI=1S/C10H12ClN/c11-9-3-5-10(6-4-9)12-7-8-1-2-8/h3-6,8,12H,1-2,7H2. The summed E-state index contributed by atoms with van der Waals surface area (Å²) in [7, 11) is 0. The van der Waals surface area contributed by atoms with Gasteiger partial charge in [-0.05, 0) is 43.0 Å². The number of anilines is 1. The molecule has 0 heterocycles. The molecule has 0 bridgehead atoms. The van der Waals surface area contributed by atoms with Crippen molar-refractivity contribution in [1.82, 2.24) is 0 Å². The Morgan fingerprint density at radius 3 is 2.50 bits per heavy atom. The number of nitrogens with one attached hydrogen (secondary N) is 1. The summed E-state index contributed by atoms with van der Waals surface area (Å²) in [5.41, 5.74) is 1.17. The van der Waals surface area contributed by atoms with E-state index in [9.17, 15) is 0 Å². The highest BCUT2D eigenvalue weighted by Gasteiger charge is 2.20. The number of halogens is 1. The molecule has 0 unspecified atom stereocenters. The maximum absolute atomic E-state index is 5.76. The van der Waals surface area contributed by atoms with Crippen LogP contribution in [-0.4, -0.2) is 6.54 Å². The van der Waals surface area contributed by atoms with Crippen molar-refractivity contribution in [2.75, 3.05) is 11.9 Å². The molecular formula is C10H12ClN. The Kier molecular flexibility index (Phi) is 2.22. The minimum absolute atomic E-state index is 0.798. The fraction of sp³-hybridized carbons (Fsp3) is 0.400. The third kappa shape index (κ3) is 2.15. The van der Waals surface area contributed by atoms with Gasteiger partial charge in [-0.1, -0.05) is 11.6 Å². The fourth-order valence-electron chi connectivity index (χ4n) is 1.15. The van der Waals surface area contributed by atoms with Crippen LogP contribution in [0.5, 0.6) is 0 Å². The van der Waals surface area contributed by atoms with Gasteiger partial charge in [0, 0.05) is 17.3 Å². The quantitative estimate of drug-likeness (QED) is 0.756. The molecule has 2 heteroatoms. The van der Waals surface area contributed by atoms with Crippen LogP contribution in [0.2, 0.25) is 5.02 Å². The van der Waals surface area contributed by atoms with Gasteiger partial charge in [-0.15, -0.1) is 0 Å². The molecule has 12 heavy (non-hydrogen) atoms. The molecule has 0 aromatic heterocycles. The molecule has 1 saturated carbocycles. The Balaban J connectivity index is 1.89. The van der Waals surface area contributed by atoms with E-state index < -0.39 is 0 Å². The lowest BCUT2D eigenvalue weighted by atomic mass is 10.3. The highest BCUT2D eigenvalue weighted by molar-refractivity contribution is 6.30. The smallest absolute Gasteiger partial charge is 0.0407 e. The Morgan fingerprint density at radius 2 is 1.92 bits per heavy atom. The maximum atomic E-state index is 5.76. The maximum Gasteiger partial charge on any atom is 0.0407 e. The predicted molar refractivity (Wildman–Crippen MR) is 52.7 cm³/mol. The second kappa shape index (κ2) is 3.36. The number of rotatable bonds is 3. The van der Waals surface area contributed by atoms with E-state index in [0.717, 1.165) is 17.5 Å². The van der Waals surface area contributed by atoms with Crippen molar-refractivity contribution in [1.29, 1.82) is 0 Å². The molecule has 0 saturated heterocycles. The van der Waals surface area contributed by atoms with Crippen LogP contribution in [0.4, 0.5) is 5.69 Å². The Morgan fingerprint density at radius 1 is 1.25 bits per heavy atom. The summed E-state index contributed by atoms with van der Waals surface area (Å²) < 4.78 is 0. The van der Waals surface area contributed by atoms with E-state index in [0.29, 0.717) is 0 Å². The van der Waals surface area contributed by atoms with Crippen LogP contribution in [0.1, 0.15) is 12.8 Å². The van der Waals surface area contributed by atoms with Crippen LogP contribution in [0.15, 0.2) is 24.3 Å². The monoisotopic (exact) mass is 181 g/mol. The van der Waals surface area contributed by atoms with Gasteiger partial charge in [0.05, 0.1) is 0 Å². The van der Waals surface area contributed by atoms with E-state index in [2.05, 4.69) is 5.32 Å². The van der Waals surface area contributed by atoms with Crippen LogP contribution in [0, 0.1) is 5.92 Å². The van der Waals surface area contributed by atoms with Crippen LogP contribution in [-0.2, 0) is 0 Å². The third-order valence-corrected chi connectivity index (χ3v) is 2.39. The zero-order chi connectivity index (χ0) is 8.39. The molecule has 64 valence electrons. The van der Waals surface area contributed by atoms with Crippen LogP contribution in [0.25, 0.3) is 0 Å². The van der Waals surface area contributed by atoms with Crippen LogP contribution in [0.3, 0.4) is 0 Å². The summed E-state index contributed by atoms with van der Waals surface area (Å²) >= 11 is 5.76. The van der Waals surface area contributed by atoms with Gasteiger partial charge in [0.1, 0.15) is 0 Å². The lowest BCUT2D eigenvalue weighted by molar-refractivity contribution is 0.889. The van der Waals surface area contributed by atoms with Gasteiger partial charge < -0.3 is 5.32 Å². The molecule has 1 fully saturated rings. The largest absolute Gasteiger partial charge is 0.385 e. The fourth-order valence-corrected chi connectivity index (χ4v) is 1.28. The van der Waals surface area contributed by atoms with Crippen molar-refractivity contribution in [2.24, 2.45) is 5.92 Å². The summed E-state index contributed by atoms with van der Waals surface area (Å²) in [4.78, 5) is 0. The number of hydrogen-bond donors (Lipinski definition) is 1. The Hall–Kier alpha value is -0.690. The van der Waals surface area contributed by atoms with Gasteiger partial charge in [-0.3, -0.25) is 0 Å². The van der Waals surface area contributed by atoms with Crippen LogP contribution >= 0.6 is 11.6 Å². The van der Waals surface area contributed by atoms with Crippen molar-refractivity contribution < 1.29 is 0 Å². The molecule has 0 spiro atoms. The molecule has 1 nitrogen and oxygen atoms in total. The van der Waals surface area contributed by atoms with Crippen molar-refractivity contribution in [3.8, 4) is 0 Å². The van der Waals surface area contributed by atoms with E-state index in [1.165, 1.54) is 18.5 Å². The predicted octanol–water partition coefficient (Wildman–Crippen LogP) is 3.16. The van der Waals surface area contributed by atoms with Gasteiger partial charge >= 0.3 is 0 Å². The molecule has 1 N–H and O–H groups in total. The first-order valence-electron chi connectivity index (χ1n) is 4.34. The molecule has 0 atom stereocenters. The molecular weight excluding hydrogens is 170 g/mol. The van der Waals surface area contributed by atoms with Crippen molar-refractivity contribution in [3.05, 3.63) is 29.3 Å². The first-order chi connectivity index (χ1) is 5.84. The van der Waals surface area contributed by atoms with Gasteiger partial charge in [-0.25, -0.2) is 0 Å². The SMILES string of the molecule is Clc1ccc(NCC2CC2)cc1. The molecule has 0 radical (unpaired) electrons. The zero-order valence-electron chi connectivity index (χ0n) is 6.89. The lowest BCUT2D eigenvalue weighted by Crippen LogP contribution is -2.02. The molecule has 0 amide bonds. The summed E-state index contributed by atoms with van der Waals surface area (Å²) in [6, 6.07) is 7.86. The van der Waals surface area contributed by atoms with Gasteiger partial charge in [-0.2, -0.15) is 0 Å². The summed E-state index contributed by atoms with van der Waals surface area (Å²) in [6.45, 7) is 1.11. The second-order valence-electron chi connectivity index (χ2n) is 3.33. The highest BCUT2D eigenvalue weighted by Crippen LogP contribution is 2.28. The topological polar surface area (TPSA) is 12.0 Å². The van der Waals surface area contributed by atoms with E-state index in [1.807, 2.05) is 24.3 Å². The van der Waals surface area contributed by atoms with E-state index in [-0.39, 0.29) is 0 Å². The number of benzene rings is 1. The molecule has 2 rings (SSSR count). The summed E-state index contributed by atoms with van der Waals surface area (Å²) in [5, 5.41) is 4.17. The van der Waals surface area contributed by atoms with Crippen molar-refractivity contribution in [2.45, 2.75) is 12.8 Å². The van der Waals surface area contributed by atoms with E-state index >= 15 is 0 Å². The minimum Gasteiger partial charge on any atom is -0.385 e. The summed E-state index contributed by atoms with van der Waals surface area (Å²) in [6.07, 6.45) is 2.78. The second-order valence-corrected chi connectivity index (χ2v) is 3.77. The molecule has 1 aromatic carbocycles. The van der Waals surface area contributed by atoms with Crippen molar-refractivity contribution in [3.63, 3.8) is 0 Å². The molecule has 1 aromatic rings. The van der Waals surface area contributed by atoms with Gasteiger partial charge in [0.15, 0.2) is 0 Å². The van der Waals surface area contributed by atoms with Crippen molar-refractivity contribution >= 4 is 17.3 Å². The molecule has 0 aliphatic heterocycles. The van der Waals surface area contributed by atoms with E-state index in [1.54, 1.807) is 0 Å². The van der Waals surface area contributed by atoms with E-state index in [4.69, 9.17) is 11.6 Å². The zero-order valence-corrected chi connectivity index (χ0v) is 7.64. The molecule has 1 aliphatic carbocycles. The van der Waals surface area contributed by atoms with Gasteiger partial charge in [0.25, 0.3) is 0 Å². The highest BCUT2D eigenvalue weighted by atomic mass is 35.5. The Bertz CT molecular complexity index is 251. The summed E-state index contributed by atoms with van der Waals surface area (Å²) in [5.74, 6) is 0.917. The molecule has 1 aliphatic rings. The minimum atomic E-state index is 0.798.